The van der Waals surface area contributed by atoms with Crippen LogP contribution in [0.2, 0.25) is 5.02 Å². The standard InChI is InChI=1S/C19H20ClN3O2S/c1-13-3-9-17(10-4-13)25-11-16(24)12-26-19-22-21-18(23(19)2)14-5-7-15(20)8-6-14/h3-10,16,24H,11-12H2,1-2H3/t16-/m0/s1. The van der Waals surface area contributed by atoms with Gasteiger partial charge in [-0.05, 0) is 43.3 Å². The van der Waals surface area contributed by atoms with Crippen molar-refractivity contribution in [1.82, 2.24) is 14.8 Å². The molecule has 26 heavy (non-hydrogen) atoms. The van der Waals surface area contributed by atoms with Gasteiger partial charge in [-0.25, -0.2) is 0 Å². The monoisotopic (exact) mass is 389 g/mol. The first-order chi connectivity index (χ1) is 12.5. The fourth-order valence-corrected chi connectivity index (χ4v) is 3.28. The molecule has 7 heteroatoms. The van der Waals surface area contributed by atoms with Crippen LogP contribution in [0.4, 0.5) is 0 Å². The smallest absolute Gasteiger partial charge is 0.191 e. The Morgan fingerprint density at radius 3 is 2.50 bits per heavy atom. The van der Waals surface area contributed by atoms with Crippen LogP contribution >= 0.6 is 23.4 Å². The minimum absolute atomic E-state index is 0.234. The number of aliphatic hydroxyl groups is 1. The van der Waals surface area contributed by atoms with Crippen molar-refractivity contribution in [2.45, 2.75) is 18.2 Å². The lowest BCUT2D eigenvalue weighted by molar-refractivity contribution is 0.126. The van der Waals surface area contributed by atoms with Gasteiger partial charge in [0, 0.05) is 23.4 Å². The van der Waals surface area contributed by atoms with E-state index >= 15 is 0 Å². The average molecular weight is 390 g/mol. The third-order valence-electron chi connectivity index (χ3n) is 3.81. The van der Waals surface area contributed by atoms with Crippen molar-refractivity contribution in [2.24, 2.45) is 7.05 Å². The summed E-state index contributed by atoms with van der Waals surface area (Å²) in [4.78, 5) is 0. The number of thioether (sulfide) groups is 1. The molecule has 0 aliphatic carbocycles. The minimum Gasteiger partial charge on any atom is -0.491 e. The molecule has 136 valence electrons. The Labute approximate surface area is 162 Å². The van der Waals surface area contributed by atoms with Crippen LogP contribution in [0.1, 0.15) is 5.56 Å². The Balaban J connectivity index is 1.54. The first-order valence-corrected chi connectivity index (χ1v) is 9.55. The molecular weight excluding hydrogens is 370 g/mol. The number of benzene rings is 2. The number of ether oxygens (including phenoxy) is 1. The molecule has 3 aromatic rings. The summed E-state index contributed by atoms with van der Waals surface area (Å²) < 4.78 is 7.51. The van der Waals surface area contributed by atoms with Gasteiger partial charge in [0.1, 0.15) is 12.4 Å². The van der Waals surface area contributed by atoms with Gasteiger partial charge in [-0.3, -0.25) is 0 Å². The maximum atomic E-state index is 10.2. The molecule has 1 N–H and O–H groups in total. The van der Waals surface area contributed by atoms with Gasteiger partial charge in [0.2, 0.25) is 0 Å². The molecule has 0 saturated heterocycles. The maximum Gasteiger partial charge on any atom is 0.191 e. The fourth-order valence-electron chi connectivity index (χ4n) is 2.34. The highest BCUT2D eigenvalue weighted by Crippen LogP contribution is 2.24. The molecule has 3 rings (SSSR count). The second-order valence-corrected chi connectivity index (χ2v) is 7.38. The predicted octanol–water partition coefficient (Wildman–Crippen LogP) is 3.98. The number of aromatic nitrogens is 3. The van der Waals surface area contributed by atoms with E-state index in [9.17, 15) is 5.11 Å². The summed E-state index contributed by atoms with van der Waals surface area (Å²) in [5.74, 6) is 1.98. The predicted molar refractivity (Wildman–Crippen MR) is 105 cm³/mol. The Bertz CT molecular complexity index is 850. The van der Waals surface area contributed by atoms with Gasteiger partial charge in [0.05, 0.1) is 6.10 Å². The van der Waals surface area contributed by atoms with E-state index in [0.717, 1.165) is 22.3 Å². The fraction of sp³-hybridized carbons (Fsp3) is 0.263. The van der Waals surface area contributed by atoms with Crippen LogP contribution in [0.3, 0.4) is 0 Å². The van der Waals surface area contributed by atoms with Gasteiger partial charge >= 0.3 is 0 Å². The van der Waals surface area contributed by atoms with E-state index in [-0.39, 0.29) is 6.61 Å². The van der Waals surface area contributed by atoms with Crippen molar-refractivity contribution >= 4 is 23.4 Å². The van der Waals surface area contributed by atoms with Gasteiger partial charge in [-0.15, -0.1) is 10.2 Å². The van der Waals surface area contributed by atoms with E-state index in [2.05, 4.69) is 10.2 Å². The summed E-state index contributed by atoms with van der Waals surface area (Å²) in [5.41, 5.74) is 2.12. The molecule has 0 radical (unpaired) electrons. The van der Waals surface area contributed by atoms with E-state index in [1.54, 1.807) is 0 Å². The molecule has 2 aromatic carbocycles. The minimum atomic E-state index is -0.600. The molecule has 1 atom stereocenters. The lowest BCUT2D eigenvalue weighted by atomic mass is 10.2. The quantitative estimate of drug-likeness (QED) is 0.619. The van der Waals surface area contributed by atoms with Crippen molar-refractivity contribution in [3.8, 4) is 17.1 Å². The van der Waals surface area contributed by atoms with Gasteiger partial charge in [-0.1, -0.05) is 41.1 Å². The van der Waals surface area contributed by atoms with Crippen molar-refractivity contribution in [2.75, 3.05) is 12.4 Å². The van der Waals surface area contributed by atoms with E-state index in [4.69, 9.17) is 16.3 Å². The zero-order chi connectivity index (χ0) is 18.5. The van der Waals surface area contributed by atoms with Gasteiger partial charge in [0.25, 0.3) is 0 Å². The van der Waals surface area contributed by atoms with E-state index in [1.807, 2.05) is 67.1 Å². The number of rotatable bonds is 7. The van der Waals surface area contributed by atoms with E-state index < -0.39 is 6.10 Å². The molecule has 1 heterocycles. The van der Waals surface area contributed by atoms with Crippen LogP contribution in [0.15, 0.2) is 53.7 Å². The van der Waals surface area contributed by atoms with Crippen LogP contribution < -0.4 is 4.74 Å². The van der Waals surface area contributed by atoms with Crippen molar-refractivity contribution < 1.29 is 9.84 Å². The number of aryl methyl sites for hydroxylation is 1. The Morgan fingerprint density at radius 2 is 1.81 bits per heavy atom. The second-order valence-electron chi connectivity index (χ2n) is 5.96. The van der Waals surface area contributed by atoms with Gasteiger partial charge < -0.3 is 14.4 Å². The average Bonchev–Trinajstić information content (AvgIpc) is 3.01. The maximum absolute atomic E-state index is 10.2. The number of nitrogens with zero attached hydrogens (tertiary/aromatic N) is 3. The summed E-state index contributed by atoms with van der Waals surface area (Å²) in [6.07, 6.45) is -0.600. The zero-order valence-corrected chi connectivity index (χ0v) is 16.2. The molecule has 0 spiro atoms. The summed E-state index contributed by atoms with van der Waals surface area (Å²) in [6, 6.07) is 15.2. The molecule has 0 fully saturated rings. The lowest BCUT2D eigenvalue weighted by Crippen LogP contribution is -2.20. The Morgan fingerprint density at radius 1 is 1.12 bits per heavy atom. The summed E-state index contributed by atoms with van der Waals surface area (Å²) in [6.45, 7) is 2.26. The number of aliphatic hydroxyl groups excluding tert-OH is 1. The highest BCUT2D eigenvalue weighted by atomic mass is 35.5. The van der Waals surface area contributed by atoms with Crippen LogP contribution in [-0.2, 0) is 7.05 Å². The molecule has 0 unspecified atom stereocenters. The molecular formula is C19H20ClN3O2S. The number of hydrogen-bond acceptors (Lipinski definition) is 5. The van der Waals surface area contributed by atoms with Crippen LogP contribution in [0.5, 0.6) is 5.75 Å². The van der Waals surface area contributed by atoms with Crippen LogP contribution in [-0.4, -0.2) is 38.3 Å². The van der Waals surface area contributed by atoms with Gasteiger partial charge in [-0.2, -0.15) is 0 Å². The SMILES string of the molecule is Cc1ccc(OC[C@H](O)CSc2nnc(-c3ccc(Cl)cc3)n2C)cc1. The highest BCUT2D eigenvalue weighted by molar-refractivity contribution is 7.99. The highest BCUT2D eigenvalue weighted by Gasteiger charge is 2.14. The third-order valence-corrected chi connectivity index (χ3v) is 5.22. The number of hydrogen-bond donors (Lipinski definition) is 1. The topological polar surface area (TPSA) is 60.2 Å². The molecule has 5 nitrogen and oxygen atoms in total. The molecule has 0 amide bonds. The molecule has 0 bridgehead atoms. The van der Waals surface area contributed by atoms with Crippen LogP contribution in [0.25, 0.3) is 11.4 Å². The summed E-state index contributed by atoms with van der Waals surface area (Å²) in [5, 5.41) is 20.0. The summed E-state index contributed by atoms with van der Waals surface area (Å²) in [7, 11) is 1.90. The third kappa shape index (κ3) is 4.78. The Hall–Kier alpha value is -2.02. The second kappa shape index (κ2) is 8.58. The number of halogens is 1. The van der Waals surface area contributed by atoms with Crippen molar-refractivity contribution in [3.05, 3.63) is 59.1 Å². The lowest BCUT2D eigenvalue weighted by Gasteiger charge is -2.12. The van der Waals surface area contributed by atoms with Crippen molar-refractivity contribution in [3.63, 3.8) is 0 Å². The van der Waals surface area contributed by atoms with E-state index in [1.165, 1.54) is 17.3 Å². The van der Waals surface area contributed by atoms with Gasteiger partial charge in [0.15, 0.2) is 11.0 Å². The zero-order valence-electron chi connectivity index (χ0n) is 14.6. The first-order valence-electron chi connectivity index (χ1n) is 8.18. The molecule has 0 aliphatic rings. The largest absolute Gasteiger partial charge is 0.491 e. The van der Waals surface area contributed by atoms with Crippen molar-refractivity contribution in [1.29, 1.82) is 0 Å². The first kappa shape index (κ1) is 18.8. The molecule has 0 aliphatic heterocycles. The molecule has 1 aromatic heterocycles. The summed E-state index contributed by atoms with van der Waals surface area (Å²) >= 11 is 7.37. The van der Waals surface area contributed by atoms with Crippen LogP contribution in [0, 0.1) is 6.92 Å². The Kier molecular flexibility index (Phi) is 6.19. The van der Waals surface area contributed by atoms with E-state index in [0.29, 0.717) is 10.8 Å². The normalized spacial score (nSPS) is 12.2. The molecule has 0 saturated carbocycles.